The molecule has 1 atom stereocenters. The van der Waals surface area contributed by atoms with Crippen molar-refractivity contribution in [3.05, 3.63) is 36.1 Å². The summed E-state index contributed by atoms with van der Waals surface area (Å²) < 4.78 is 10.5. The van der Waals surface area contributed by atoms with Gasteiger partial charge in [-0.1, -0.05) is 0 Å². The minimum Gasteiger partial charge on any atom is -0.497 e. The molecule has 1 aliphatic rings. The quantitative estimate of drug-likeness (QED) is 0.689. The molecule has 2 rings (SSSR count). The van der Waals surface area contributed by atoms with Crippen molar-refractivity contribution in [1.29, 1.82) is 0 Å². The van der Waals surface area contributed by atoms with Gasteiger partial charge in [-0.2, -0.15) is 0 Å². The first-order valence-corrected chi connectivity index (χ1v) is 8.04. The van der Waals surface area contributed by atoms with Crippen LogP contribution in [0.25, 0.3) is 0 Å². The molecule has 1 heterocycles. The second kappa shape index (κ2) is 8.01. The Bertz CT molecular complexity index is 724. The Morgan fingerprint density at radius 2 is 1.96 bits per heavy atom. The number of anilines is 1. The Morgan fingerprint density at radius 1 is 1.31 bits per heavy atom. The highest BCUT2D eigenvalue weighted by atomic mass is 16.5. The van der Waals surface area contributed by atoms with Crippen molar-refractivity contribution in [3.8, 4) is 5.75 Å². The number of ketones is 1. The van der Waals surface area contributed by atoms with E-state index in [1.807, 2.05) is 0 Å². The van der Waals surface area contributed by atoms with Crippen LogP contribution in [-0.2, 0) is 19.1 Å². The van der Waals surface area contributed by atoms with Gasteiger partial charge in [-0.15, -0.1) is 0 Å². The molecular weight excluding hydrogens is 340 g/mol. The molecule has 140 valence electrons. The highest BCUT2D eigenvalue weighted by Gasteiger charge is 2.33. The van der Waals surface area contributed by atoms with E-state index in [0.717, 1.165) is 6.08 Å². The molecule has 0 spiro atoms. The predicted octanol–water partition coefficient (Wildman–Crippen LogP) is 0.763. The predicted molar refractivity (Wildman–Crippen MR) is 93.5 cm³/mol. The molecule has 0 saturated carbocycles. The van der Waals surface area contributed by atoms with Gasteiger partial charge >= 0.3 is 0 Å². The minimum absolute atomic E-state index is 0.158. The molecule has 0 aliphatic carbocycles. The number of benzene rings is 1. The monoisotopic (exact) mass is 362 g/mol. The van der Waals surface area contributed by atoms with E-state index in [1.54, 1.807) is 38.1 Å². The Morgan fingerprint density at radius 3 is 2.50 bits per heavy atom. The first kappa shape index (κ1) is 19.5. The van der Waals surface area contributed by atoms with Crippen molar-refractivity contribution >= 4 is 23.3 Å². The van der Waals surface area contributed by atoms with E-state index in [1.165, 1.54) is 7.11 Å². The van der Waals surface area contributed by atoms with Crippen LogP contribution >= 0.6 is 0 Å². The van der Waals surface area contributed by atoms with Crippen molar-refractivity contribution in [2.45, 2.75) is 31.9 Å². The number of rotatable bonds is 6. The fourth-order valence-corrected chi connectivity index (χ4v) is 2.42. The van der Waals surface area contributed by atoms with Crippen molar-refractivity contribution in [2.75, 3.05) is 19.0 Å². The zero-order chi connectivity index (χ0) is 19.3. The SMILES string of the molecule is COc1ccc(NC(=O)[C@H](CO)NC(=O)C2=CC(=O)CC(C)(C)O2)cc1. The number of aliphatic hydroxyl groups excluding tert-OH is 1. The summed E-state index contributed by atoms with van der Waals surface area (Å²) in [5, 5.41) is 14.4. The second-order valence-electron chi connectivity index (χ2n) is 6.44. The maximum absolute atomic E-state index is 12.3. The summed E-state index contributed by atoms with van der Waals surface area (Å²) in [6, 6.07) is 5.38. The van der Waals surface area contributed by atoms with Crippen molar-refractivity contribution in [1.82, 2.24) is 5.32 Å². The number of carbonyl (C=O) groups excluding carboxylic acids is 3. The summed E-state index contributed by atoms with van der Waals surface area (Å²) in [5.41, 5.74) is -0.327. The summed E-state index contributed by atoms with van der Waals surface area (Å²) >= 11 is 0. The summed E-state index contributed by atoms with van der Waals surface area (Å²) in [6.07, 6.45) is 1.25. The lowest BCUT2D eigenvalue weighted by molar-refractivity contribution is -0.133. The smallest absolute Gasteiger partial charge is 0.287 e. The maximum atomic E-state index is 12.3. The number of hydrogen-bond donors (Lipinski definition) is 3. The number of aliphatic hydroxyl groups is 1. The number of ether oxygens (including phenoxy) is 2. The molecular formula is C18H22N2O6. The van der Waals surface area contributed by atoms with Crippen LogP contribution in [0, 0.1) is 0 Å². The average Bonchev–Trinajstić information content (AvgIpc) is 2.58. The molecule has 8 heteroatoms. The third-order valence-corrected chi connectivity index (χ3v) is 3.66. The molecule has 0 radical (unpaired) electrons. The van der Waals surface area contributed by atoms with Crippen LogP contribution in [-0.4, -0.2) is 48.1 Å². The topological polar surface area (TPSA) is 114 Å². The summed E-state index contributed by atoms with van der Waals surface area (Å²) in [7, 11) is 1.53. The first-order valence-electron chi connectivity index (χ1n) is 8.04. The van der Waals surface area contributed by atoms with Gasteiger partial charge in [0.15, 0.2) is 11.5 Å². The van der Waals surface area contributed by atoms with Crippen LogP contribution < -0.4 is 15.4 Å². The number of allylic oxidation sites excluding steroid dienone is 1. The molecule has 1 aromatic carbocycles. The van der Waals surface area contributed by atoms with E-state index in [0.29, 0.717) is 11.4 Å². The third-order valence-electron chi connectivity index (χ3n) is 3.66. The molecule has 0 unspecified atom stereocenters. The normalized spacial score (nSPS) is 16.8. The molecule has 0 fully saturated rings. The Balaban J connectivity index is 2.02. The van der Waals surface area contributed by atoms with Crippen LogP contribution in [0.3, 0.4) is 0 Å². The van der Waals surface area contributed by atoms with Gasteiger partial charge in [0.25, 0.3) is 5.91 Å². The van der Waals surface area contributed by atoms with E-state index in [2.05, 4.69) is 10.6 Å². The fraction of sp³-hybridized carbons (Fsp3) is 0.389. The van der Waals surface area contributed by atoms with Gasteiger partial charge in [-0.05, 0) is 38.1 Å². The highest BCUT2D eigenvalue weighted by Crippen LogP contribution is 2.24. The molecule has 8 nitrogen and oxygen atoms in total. The zero-order valence-electron chi connectivity index (χ0n) is 14.9. The van der Waals surface area contributed by atoms with Gasteiger partial charge in [-0.25, -0.2) is 0 Å². The van der Waals surface area contributed by atoms with Crippen LogP contribution in [0.15, 0.2) is 36.1 Å². The number of amides is 2. The maximum Gasteiger partial charge on any atom is 0.287 e. The Kier molecular flexibility index (Phi) is 5.99. The van der Waals surface area contributed by atoms with Gasteiger partial charge in [0.1, 0.15) is 17.4 Å². The number of nitrogens with one attached hydrogen (secondary N) is 2. The summed E-state index contributed by atoms with van der Waals surface area (Å²) in [5.74, 6) is -1.14. The molecule has 0 bridgehead atoms. The third kappa shape index (κ3) is 5.06. The van der Waals surface area contributed by atoms with Gasteiger partial charge < -0.3 is 25.2 Å². The van der Waals surface area contributed by atoms with Crippen molar-refractivity contribution in [3.63, 3.8) is 0 Å². The van der Waals surface area contributed by atoms with Gasteiger partial charge in [0.2, 0.25) is 5.91 Å². The lowest BCUT2D eigenvalue weighted by Gasteiger charge is -2.30. The largest absolute Gasteiger partial charge is 0.497 e. The lowest BCUT2D eigenvalue weighted by Crippen LogP contribution is -2.48. The summed E-state index contributed by atoms with van der Waals surface area (Å²) in [6.45, 7) is 2.76. The summed E-state index contributed by atoms with van der Waals surface area (Å²) in [4.78, 5) is 36.2. The molecule has 1 aliphatic heterocycles. The Labute approximate surface area is 151 Å². The average molecular weight is 362 g/mol. The zero-order valence-corrected chi connectivity index (χ0v) is 14.9. The highest BCUT2D eigenvalue weighted by molar-refractivity contribution is 6.04. The molecule has 26 heavy (non-hydrogen) atoms. The van der Waals surface area contributed by atoms with E-state index < -0.39 is 30.1 Å². The van der Waals surface area contributed by atoms with Crippen molar-refractivity contribution < 1.29 is 29.0 Å². The van der Waals surface area contributed by atoms with E-state index >= 15 is 0 Å². The second-order valence-corrected chi connectivity index (χ2v) is 6.44. The van der Waals surface area contributed by atoms with Gasteiger partial charge in [-0.3, -0.25) is 14.4 Å². The number of methoxy groups -OCH3 is 1. The molecule has 0 aromatic heterocycles. The molecule has 0 saturated heterocycles. The standard InChI is InChI=1S/C18H22N2O6/c1-18(2)9-12(22)8-15(26-18)17(24)20-14(10-21)16(23)19-11-4-6-13(25-3)7-5-11/h4-8,14,21H,9-10H2,1-3H3,(H,19,23)(H,20,24)/t14-/m0/s1. The number of hydrogen-bond acceptors (Lipinski definition) is 6. The first-order chi connectivity index (χ1) is 12.2. The lowest BCUT2D eigenvalue weighted by atomic mass is 9.98. The minimum atomic E-state index is -1.20. The van der Waals surface area contributed by atoms with Crippen LogP contribution in [0.4, 0.5) is 5.69 Å². The van der Waals surface area contributed by atoms with Crippen molar-refractivity contribution in [2.24, 2.45) is 0 Å². The van der Waals surface area contributed by atoms with Crippen LogP contribution in [0.5, 0.6) is 5.75 Å². The van der Waals surface area contributed by atoms with Crippen LogP contribution in [0.2, 0.25) is 0 Å². The van der Waals surface area contributed by atoms with E-state index in [4.69, 9.17) is 9.47 Å². The number of carbonyl (C=O) groups is 3. The Hall–Kier alpha value is -2.87. The molecule has 2 amide bonds. The van der Waals surface area contributed by atoms with Gasteiger partial charge in [0.05, 0.1) is 13.7 Å². The fourth-order valence-electron chi connectivity index (χ4n) is 2.42. The molecule has 3 N–H and O–H groups in total. The van der Waals surface area contributed by atoms with Crippen LogP contribution in [0.1, 0.15) is 20.3 Å². The van der Waals surface area contributed by atoms with Gasteiger partial charge in [0, 0.05) is 18.2 Å². The van der Waals surface area contributed by atoms with E-state index in [-0.39, 0.29) is 18.0 Å². The molecule has 1 aromatic rings. The van der Waals surface area contributed by atoms with E-state index in [9.17, 15) is 19.5 Å².